The Balaban J connectivity index is 2.22. The van der Waals surface area contributed by atoms with Crippen LogP contribution in [0.2, 0.25) is 0 Å². The highest BCUT2D eigenvalue weighted by atomic mass is 32.1. The number of rotatable bonds is 1. The number of hydrogen-bond acceptors (Lipinski definition) is 5. The second-order valence-corrected chi connectivity index (χ2v) is 4.66. The summed E-state index contributed by atoms with van der Waals surface area (Å²) in [5, 5.41) is 3.18. The summed E-state index contributed by atoms with van der Waals surface area (Å²) >= 11 is 2.52. The van der Waals surface area contributed by atoms with Gasteiger partial charge in [0, 0.05) is 10.3 Å². The van der Waals surface area contributed by atoms with Gasteiger partial charge in [-0.2, -0.15) is 0 Å². The molecule has 0 radical (unpaired) electrons. The minimum atomic E-state index is -0.365. The van der Waals surface area contributed by atoms with Crippen LogP contribution in [0.4, 0.5) is 0 Å². The molecule has 3 aromatic rings. The third-order valence-corrected chi connectivity index (χ3v) is 3.47. The minimum absolute atomic E-state index is 0.365. The molecule has 5 heteroatoms. The van der Waals surface area contributed by atoms with Gasteiger partial charge >= 0.3 is 4.94 Å². The van der Waals surface area contributed by atoms with E-state index in [-0.39, 0.29) is 4.94 Å². The van der Waals surface area contributed by atoms with Crippen LogP contribution >= 0.6 is 22.9 Å². The summed E-state index contributed by atoms with van der Waals surface area (Å²) in [5.74, 6) is 0.401. The highest BCUT2D eigenvalue weighted by molar-refractivity contribution is 7.17. The first kappa shape index (κ1) is 8.82. The quantitative estimate of drug-likeness (QED) is 0.651. The van der Waals surface area contributed by atoms with E-state index in [1.165, 1.54) is 4.70 Å². The van der Waals surface area contributed by atoms with E-state index in [9.17, 15) is 4.79 Å². The summed E-state index contributed by atoms with van der Waals surface area (Å²) < 4.78 is 10.1. The number of fused-ring (bicyclic) bond motifs is 1. The maximum absolute atomic E-state index is 10.9. The molecule has 0 bridgehead atoms. The molecule has 0 saturated heterocycles. The summed E-state index contributed by atoms with van der Waals surface area (Å²) in [5.41, 5.74) is 0.847. The van der Waals surface area contributed by atoms with Crippen molar-refractivity contribution in [3.05, 3.63) is 39.4 Å². The number of aromatic nitrogens is 1. The molecule has 0 aliphatic carbocycles. The summed E-state index contributed by atoms with van der Waals surface area (Å²) in [7, 11) is 0. The Morgan fingerprint density at radius 3 is 3.00 bits per heavy atom. The summed E-state index contributed by atoms with van der Waals surface area (Å²) in [6.45, 7) is 0. The lowest BCUT2D eigenvalue weighted by atomic mass is 10.2. The molecule has 0 amide bonds. The Labute approximate surface area is 92.8 Å². The van der Waals surface area contributed by atoms with Crippen molar-refractivity contribution >= 4 is 33.0 Å². The predicted molar refractivity (Wildman–Crippen MR) is 61.5 cm³/mol. The molecule has 0 N–H and O–H groups in total. The number of thiophene rings is 1. The molecule has 15 heavy (non-hydrogen) atoms. The fourth-order valence-electron chi connectivity index (χ4n) is 1.41. The van der Waals surface area contributed by atoms with Gasteiger partial charge in [-0.3, -0.25) is 0 Å². The van der Waals surface area contributed by atoms with Crippen LogP contribution in [-0.4, -0.2) is 4.37 Å². The van der Waals surface area contributed by atoms with Crippen LogP contribution in [0, 0.1) is 0 Å². The van der Waals surface area contributed by atoms with Crippen molar-refractivity contribution in [2.75, 3.05) is 0 Å². The molecule has 1 aromatic carbocycles. The first-order chi connectivity index (χ1) is 7.33. The van der Waals surface area contributed by atoms with Crippen LogP contribution in [0.1, 0.15) is 0 Å². The fraction of sp³-hybridized carbons (Fsp3) is 0. The van der Waals surface area contributed by atoms with Crippen LogP contribution in [0.25, 0.3) is 21.5 Å². The minimum Gasteiger partial charge on any atom is -0.394 e. The van der Waals surface area contributed by atoms with Gasteiger partial charge in [-0.05, 0) is 35.0 Å². The monoisotopic (exact) mass is 235 g/mol. The summed E-state index contributed by atoms with van der Waals surface area (Å²) in [6, 6.07) is 7.93. The Morgan fingerprint density at radius 2 is 2.20 bits per heavy atom. The average Bonchev–Trinajstić information content (AvgIpc) is 2.84. The lowest BCUT2D eigenvalue weighted by Gasteiger charge is -1.94. The third kappa shape index (κ3) is 1.49. The second-order valence-electron chi connectivity index (χ2n) is 3.01. The van der Waals surface area contributed by atoms with Crippen molar-refractivity contribution in [1.29, 1.82) is 0 Å². The van der Waals surface area contributed by atoms with Gasteiger partial charge in [0.1, 0.15) is 0 Å². The number of benzene rings is 1. The zero-order valence-corrected chi connectivity index (χ0v) is 9.10. The Hall–Kier alpha value is -1.46. The molecule has 2 heterocycles. The molecule has 0 spiro atoms. The molecular weight excluding hydrogens is 230 g/mol. The van der Waals surface area contributed by atoms with E-state index in [1.54, 1.807) is 11.3 Å². The summed E-state index contributed by atoms with van der Waals surface area (Å²) in [4.78, 5) is 10.5. The molecule has 0 unspecified atom stereocenters. The van der Waals surface area contributed by atoms with Gasteiger partial charge in [0.15, 0.2) is 0 Å². The fourth-order valence-corrected chi connectivity index (χ4v) is 2.59. The maximum atomic E-state index is 10.9. The lowest BCUT2D eigenvalue weighted by Crippen LogP contribution is -1.82. The third-order valence-electron chi connectivity index (χ3n) is 2.08. The molecule has 0 aliphatic heterocycles. The molecule has 0 fully saturated rings. The van der Waals surface area contributed by atoms with Crippen molar-refractivity contribution in [2.24, 2.45) is 0 Å². The van der Waals surface area contributed by atoms with Crippen molar-refractivity contribution < 1.29 is 4.42 Å². The summed E-state index contributed by atoms with van der Waals surface area (Å²) in [6.07, 6.45) is 0. The van der Waals surface area contributed by atoms with Crippen LogP contribution in [-0.2, 0) is 0 Å². The normalized spacial score (nSPS) is 10.9. The van der Waals surface area contributed by atoms with Crippen molar-refractivity contribution in [3.8, 4) is 11.5 Å². The Kier molecular flexibility index (Phi) is 1.93. The van der Waals surface area contributed by atoms with Gasteiger partial charge in [-0.25, -0.2) is 4.79 Å². The van der Waals surface area contributed by atoms with Gasteiger partial charge in [0.25, 0.3) is 0 Å². The first-order valence-corrected chi connectivity index (χ1v) is 5.93. The van der Waals surface area contributed by atoms with E-state index in [0.29, 0.717) is 5.89 Å². The largest absolute Gasteiger partial charge is 0.414 e. The SMILES string of the molecule is O=c1oc(-c2ccc3sccc3c2)ns1. The molecule has 74 valence electrons. The van der Waals surface area contributed by atoms with Gasteiger partial charge in [0.05, 0.1) is 11.5 Å². The highest BCUT2D eigenvalue weighted by Crippen LogP contribution is 2.26. The van der Waals surface area contributed by atoms with E-state index in [4.69, 9.17) is 4.42 Å². The highest BCUT2D eigenvalue weighted by Gasteiger charge is 2.06. The van der Waals surface area contributed by atoms with Crippen LogP contribution in [0.5, 0.6) is 0 Å². The van der Waals surface area contributed by atoms with Gasteiger partial charge in [-0.1, -0.05) is 0 Å². The molecule has 0 saturated carbocycles. The Bertz CT molecular complexity index is 665. The molecule has 3 rings (SSSR count). The van der Waals surface area contributed by atoms with E-state index in [2.05, 4.69) is 4.37 Å². The van der Waals surface area contributed by atoms with Gasteiger partial charge < -0.3 is 4.42 Å². The van der Waals surface area contributed by atoms with Gasteiger partial charge in [0.2, 0.25) is 5.89 Å². The molecule has 3 nitrogen and oxygen atoms in total. The molecule has 0 aliphatic rings. The smallest absolute Gasteiger partial charge is 0.394 e. The van der Waals surface area contributed by atoms with Gasteiger partial charge in [-0.15, -0.1) is 15.7 Å². The predicted octanol–water partition coefficient (Wildman–Crippen LogP) is 2.98. The van der Waals surface area contributed by atoms with E-state index in [0.717, 1.165) is 22.5 Å². The number of hydrogen-bond donors (Lipinski definition) is 0. The molecule has 0 atom stereocenters. The number of nitrogens with zero attached hydrogens (tertiary/aromatic N) is 1. The maximum Gasteiger partial charge on any atom is 0.414 e. The van der Waals surface area contributed by atoms with Crippen LogP contribution in [0.3, 0.4) is 0 Å². The van der Waals surface area contributed by atoms with E-state index in [1.807, 2.05) is 29.6 Å². The standard InChI is InChI=1S/C10H5NO2S2/c12-10-13-9(11-15-10)7-1-2-8-6(5-7)3-4-14-8/h1-5H. The van der Waals surface area contributed by atoms with Crippen LogP contribution in [0.15, 0.2) is 38.9 Å². The first-order valence-electron chi connectivity index (χ1n) is 4.27. The van der Waals surface area contributed by atoms with Crippen molar-refractivity contribution in [2.45, 2.75) is 0 Å². The van der Waals surface area contributed by atoms with E-state index >= 15 is 0 Å². The second kappa shape index (κ2) is 3.29. The average molecular weight is 235 g/mol. The van der Waals surface area contributed by atoms with Crippen molar-refractivity contribution in [3.63, 3.8) is 0 Å². The Morgan fingerprint density at radius 1 is 1.27 bits per heavy atom. The lowest BCUT2D eigenvalue weighted by molar-refractivity contribution is 0.543. The zero-order chi connectivity index (χ0) is 10.3. The van der Waals surface area contributed by atoms with E-state index < -0.39 is 0 Å². The van der Waals surface area contributed by atoms with Crippen molar-refractivity contribution in [1.82, 2.24) is 4.37 Å². The topological polar surface area (TPSA) is 43.1 Å². The van der Waals surface area contributed by atoms with Crippen LogP contribution < -0.4 is 4.94 Å². The molecule has 2 aromatic heterocycles. The molecular formula is C10H5NO2S2. The zero-order valence-electron chi connectivity index (χ0n) is 7.47.